The van der Waals surface area contributed by atoms with Gasteiger partial charge in [-0.2, -0.15) is 0 Å². The van der Waals surface area contributed by atoms with Gasteiger partial charge >= 0.3 is 0 Å². The molecule has 1 fully saturated rings. The fraction of sp³-hybridized carbons (Fsp3) is 0.533. The molecule has 110 valence electrons. The number of rotatable bonds is 4. The zero-order chi connectivity index (χ0) is 14.5. The van der Waals surface area contributed by atoms with Gasteiger partial charge in [-0.15, -0.1) is 0 Å². The quantitative estimate of drug-likeness (QED) is 0.890. The first kappa shape index (κ1) is 14.7. The van der Waals surface area contributed by atoms with Crippen LogP contribution >= 0.6 is 0 Å². The number of nitrogens with one attached hydrogen (secondary N) is 1. The average Bonchev–Trinajstić information content (AvgIpc) is 2.53. The summed E-state index contributed by atoms with van der Waals surface area (Å²) in [7, 11) is 3.49. The van der Waals surface area contributed by atoms with E-state index in [4.69, 9.17) is 4.74 Å². The van der Waals surface area contributed by atoms with Crippen molar-refractivity contribution in [2.45, 2.75) is 13.0 Å². The summed E-state index contributed by atoms with van der Waals surface area (Å²) in [6.45, 7) is 5.14. The molecule has 1 saturated heterocycles. The van der Waals surface area contributed by atoms with E-state index in [2.05, 4.69) is 16.3 Å². The van der Waals surface area contributed by atoms with Crippen LogP contribution in [0.15, 0.2) is 24.3 Å². The van der Waals surface area contributed by atoms with E-state index in [9.17, 15) is 4.79 Å². The molecule has 1 heterocycles. The molecule has 0 radical (unpaired) electrons. The Morgan fingerprint density at radius 2 is 2.00 bits per heavy atom. The van der Waals surface area contributed by atoms with Crippen LogP contribution in [0.1, 0.15) is 6.92 Å². The number of amides is 1. The normalized spacial score (nSPS) is 16.9. The lowest BCUT2D eigenvalue weighted by atomic mass is 10.2. The van der Waals surface area contributed by atoms with E-state index in [1.807, 2.05) is 37.1 Å². The van der Waals surface area contributed by atoms with E-state index in [1.165, 1.54) is 0 Å². The van der Waals surface area contributed by atoms with Gasteiger partial charge in [0.05, 0.1) is 13.2 Å². The Hall–Kier alpha value is -1.75. The van der Waals surface area contributed by atoms with E-state index in [0.717, 1.165) is 37.6 Å². The molecule has 1 atom stereocenters. The highest BCUT2D eigenvalue weighted by Crippen LogP contribution is 2.22. The molecule has 1 amide bonds. The summed E-state index contributed by atoms with van der Waals surface area (Å²) in [5, 5.41) is 3.00. The zero-order valence-corrected chi connectivity index (χ0v) is 12.4. The van der Waals surface area contributed by atoms with Crippen LogP contribution in [0, 0.1) is 0 Å². The van der Waals surface area contributed by atoms with Crippen molar-refractivity contribution >= 4 is 11.6 Å². The number of piperazine rings is 1. The van der Waals surface area contributed by atoms with Crippen LogP contribution < -0.4 is 15.0 Å². The molecule has 1 aliphatic rings. The molecular weight excluding hydrogens is 254 g/mol. The van der Waals surface area contributed by atoms with Gasteiger partial charge in [0, 0.05) is 37.9 Å². The van der Waals surface area contributed by atoms with Gasteiger partial charge in [0.1, 0.15) is 5.75 Å². The van der Waals surface area contributed by atoms with Gasteiger partial charge in [-0.1, -0.05) is 6.07 Å². The molecule has 0 bridgehead atoms. The van der Waals surface area contributed by atoms with Gasteiger partial charge in [-0.05, 0) is 26.1 Å². The highest BCUT2D eigenvalue weighted by molar-refractivity contribution is 5.81. The Bertz CT molecular complexity index is 456. The first-order valence-corrected chi connectivity index (χ1v) is 7.00. The van der Waals surface area contributed by atoms with Crippen LogP contribution in [0.2, 0.25) is 0 Å². The minimum atomic E-state index is -0.113. The molecule has 1 N–H and O–H groups in total. The minimum absolute atomic E-state index is 0.113. The molecule has 5 nitrogen and oxygen atoms in total. The maximum atomic E-state index is 12.1. The van der Waals surface area contributed by atoms with E-state index in [1.54, 1.807) is 7.11 Å². The second-order valence-corrected chi connectivity index (χ2v) is 5.02. The van der Waals surface area contributed by atoms with Gasteiger partial charge in [0.25, 0.3) is 0 Å². The van der Waals surface area contributed by atoms with Crippen molar-refractivity contribution < 1.29 is 9.53 Å². The molecule has 0 saturated carbocycles. The second-order valence-electron chi connectivity index (χ2n) is 5.02. The lowest BCUT2D eigenvalue weighted by molar-refractivity contribution is -0.133. The Morgan fingerprint density at radius 3 is 2.60 bits per heavy atom. The van der Waals surface area contributed by atoms with Gasteiger partial charge in [0.2, 0.25) is 5.91 Å². The van der Waals surface area contributed by atoms with Crippen molar-refractivity contribution in [3.8, 4) is 5.75 Å². The molecule has 1 aromatic rings. The highest BCUT2D eigenvalue weighted by atomic mass is 16.5. The molecular formula is C15H23N3O2. The van der Waals surface area contributed by atoms with E-state index in [-0.39, 0.29) is 11.9 Å². The molecule has 1 aliphatic heterocycles. The molecule has 20 heavy (non-hydrogen) atoms. The SMILES string of the molecule is CNC(C)C(=O)N1CCN(c2cccc(OC)c2)CC1. The van der Waals surface area contributed by atoms with Crippen LogP contribution in [0.4, 0.5) is 5.69 Å². The smallest absolute Gasteiger partial charge is 0.239 e. The number of carbonyl (C=O) groups is 1. The first-order valence-electron chi connectivity index (χ1n) is 7.00. The maximum Gasteiger partial charge on any atom is 0.239 e. The summed E-state index contributed by atoms with van der Waals surface area (Å²) in [5.74, 6) is 1.04. The zero-order valence-electron chi connectivity index (χ0n) is 12.4. The van der Waals surface area contributed by atoms with Crippen molar-refractivity contribution in [2.75, 3.05) is 45.2 Å². The van der Waals surface area contributed by atoms with Crippen molar-refractivity contribution in [1.29, 1.82) is 0 Å². The first-order chi connectivity index (χ1) is 9.65. The average molecular weight is 277 g/mol. The number of carbonyl (C=O) groups excluding carboxylic acids is 1. The number of benzene rings is 1. The minimum Gasteiger partial charge on any atom is -0.497 e. The number of ether oxygens (including phenoxy) is 1. The standard InChI is InChI=1S/C15H23N3O2/c1-12(16-2)15(19)18-9-7-17(8-10-18)13-5-4-6-14(11-13)20-3/h4-6,11-12,16H,7-10H2,1-3H3. The highest BCUT2D eigenvalue weighted by Gasteiger charge is 2.24. The van der Waals surface area contributed by atoms with Gasteiger partial charge in [-0.3, -0.25) is 4.79 Å². The Labute approximate surface area is 120 Å². The summed E-state index contributed by atoms with van der Waals surface area (Å²) in [6.07, 6.45) is 0. The molecule has 5 heteroatoms. The summed E-state index contributed by atoms with van der Waals surface area (Å²) in [5.41, 5.74) is 1.15. The van der Waals surface area contributed by atoms with Crippen LogP contribution in [-0.2, 0) is 4.79 Å². The van der Waals surface area contributed by atoms with Crippen molar-refractivity contribution in [2.24, 2.45) is 0 Å². The predicted octanol–water partition coefficient (Wildman–Crippen LogP) is 0.952. The van der Waals surface area contributed by atoms with E-state index >= 15 is 0 Å². The number of methoxy groups -OCH3 is 1. The fourth-order valence-electron chi connectivity index (χ4n) is 2.39. The lowest BCUT2D eigenvalue weighted by Gasteiger charge is -2.37. The van der Waals surface area contributed by atoms with Crippen LogP contribution in [-0.4, -0.2) is 57.2 Å². The van der Waals surface area contributed by atoms with Crippen molar-refractivity contribution in [3.63, 3.8) is 0 Å². The lowest BCUT2D eigenvalue weighted by Crippen LogP contribution is -2.53. The summed E-state index contributed by atoms with van der Waals surface area (Å²) >= 11 is 0. The third kappa shape index (κ3) is 3.22. The number of nitrogens with zero attached hydrogens (tertiary/aromatic N) is 2. The Morgan fingerprint density at radius 1 is 1.30 bits per heavy atom. The van der Waals surface area contributed by atoms with Gasteiger partial charge < -0.3 is 19.9 Å². The van der Waals surface area contributed by atoms with Crippen LogP contribution in [0.25, 0.3) is 0 Å². The number of anilines is 1. The topological polar surface area (TPSA) is 44.8 Å². The van der Waals surface area contributed by atoms with Crippen molar-refractivity contribution in [1.82, 2.24) is 10.2 Å². The van der Waals surface area contributed by atoms with E-state index in [0.29, 0.717) is 0 Å². The summed E-state index contributed by atoms with van der Waals surface area (Å²) in [6, 6.07) is 7.94. The number of likely N-dealkylation sites (N-methyl/N-ethyl adjacent to an activating group) is 1. The maximum absolute atomic E-state index is 12.1. The molecule has 0 spiro atoms. The molecule has 1 aromatic carbocycles. The van der Waals surface area contributed by atoms with Gasteiger partial charge in [0.15, 0.2) is 0 Å². The van der Waals surface area contributed by atoms with E-state index < -0.39 is 0 Å². The van der Waals surface area contributed by atoms with Gasteiger partial charge in [-0.25, -0.2) is 0 Å². The summed E-state index contributed by atoms with van der Waals surface area (Å²) < 4.78 is 5.25. The Balaban J connectivity index is 1.95. The predicted molar refractivity (Wildman–Crippen MR) is 80.3 cm³/mol. The van der Waals surface area contributed by atoms with Crippen LogP contribution in [0.5, 0.6) is 5.75 Å². The molecule has 0 aromatic heterocycles. The second kappa shape index (κ2) is 6.61. The van der Waals surface area contributed by atoms with Crippen LogP contribution in [0.3, 0.4) is 0 Å². The number of hydrogen-bond acceptors (Lipinski definition) is 4. The largest absolute Gasteiger partial charge is 0.497 e. The fourth-order valence-corrected chi connectivity index (χ4v) is 2.39. The third-order valence-corrected chi connectivity index (χ3v) is 3.81. The third-order valence-electron chi connectivity index (χ3n) is 3.81. The molecule has 0 aliphatic carbocycles. The van der Waals surface area contributed by atoms with Crippen molar-refractivity contribution in [3.05, 3.63) is 24.3 Å². The molecule has 2 rings (SSSR count). The monoisotopic (exact) mass is 277 g/mol. The number of hydrogen-bond donors (Lipinski definition) is 1. The molecule has 1 unspecified atom stereocenters. The Kier molecular flexibility index (Phi) is 4.84. The summed E-state index contributed by atoms with van der Waals surface area (Å²) in [4.78, 5) is 16.3.